The maximum atomic E-state index is 12.9. The second kappa shape index (κ2) is 6.69. The number of rotatable bonds is 5. The first kappa shape index (κ1) is 19.9. The van der Waals surface area contributed by atoms with Crippen LogP contribution in [-0.4, -0.2) is 47.9 Å². The molecule has 1 amide bonds. The highest BCUT2D eigenvalue weighted by Crippen LogP contribution is 2.45. The zero-order valence-electron chi connectivity index (χ0n) is 15.8. The topological polar surface area (TPSA) is 73.7 Å². The fraction of sp³-hybridized carbons (Fsp3) is 0.588. The van der Waals surface area contributed by atoms with Crippen LogP contribution in [-0.2, 0) is 16.0 Å². The maximum absolute atomic E-state index is 12.9. The molecule has 8 heteroatoms. The van der Waals surface area contributed by atoms with Crippen LogP contribution in [0.3, 0.4) is 0 Å². The van der Waals surface area contributed by atoms with Gasteiger partial charge in [0.05, 0.1) is 5.92 Å². The molecule has 1 aromatic heterocycles. The van der Waals surface area contributed by atoms with E-state index in [9.17, 15) is 14.7 Å². The summed E-state index contributed by atoms with van der Waals surface area (Å²) < 4.78 is 3.49. The molecule has 138 valence electrons. The molecule has 25 heavy (non-hydrogen) atoms. The lowest BCUT2D eigenvalue weighted by Gasteiger charge is -2.56. The number of hydrogen-bond acceptors (Lipinski definition) is 4. The van der Waals surface area contributed by atoms with E-state index < -0.39 is 26.2 Å². The third-order valence-corrected chi connectivity index (χ3v) is 11.2. The van der Waals surface area contributed by atoms with Crippen molar-refractivity contribution in [3.05, 3.63) is 23.9 Å². The monoisotopic (exact) mass is 381 g/mol. The number of pyridine rings is 1. The molecule has 0 aromatic carbocycles. The molecule has 0 radical (unpaired) electrons. The first-order valence-corrected chi connectivity index (χ1v) is 11.8. The Morgan fingerprint density at radius 1 is 1.44 bits per heavy atom. The summed E-state index contributed by atoms with van der Waals surface area (Å²) >= 11 is 0. The number of carboxylic acid groups (broad SMARTS) is 1. The molecule has 2 heterocycles. The summed E-state index contributed by atoms with van der Waals surface area (Å²) in [7, 11) is 2.18. The Balaban J connectivity index is 2.27. The molecular weight excluding hydrogens is 353 g/mol. The fourth-order valence-corrected chi connectivity index (χ4v) is 5.62. The second-order valence-corrected chi connectivity index (χ2v) is 14.1. The predicted molar refractivity (Wildman–Crippen MR) is 105 cm³/mol. The van der Waals surface area contributed by atoms with Gasteiger partial charge in [-0.15, -0.1) is 0 Å². The quantitative estimate of drug-likeness (QED) is 0.482. The van der Waals surface area contributed by atoms with Crippen LogP contribution in [0.2, 0.25) is 18.1 Å². The molecule has 0 bridgehead atoms. The summed E-state index contributed by atoms with van der Waals surface area (Å²) in [6, 6.07) is 3.01. The maximum Gasteiger partial charge on any atom is 0.326 e. The lowest BCUT2D eigenvalue weighted by Crippen LogP contribution is -2.75. The van der Waals surface area contributed by atoms with E-state index in [1.54, 1.807) is 10.8 Å². The molecule has 1 saturated heterocycles. The van der Waals surface area contributed by atoms with Gasteiger partial charge in [0.15, 0.2) is 8.24 Å². The average molecular weight is 381 g/mol. The highest BCUT2D eigenvalue weighted by molar-refractivity contribution is 7.18. The zero-order chi connectivity index (χ0) is 19.2. The normalized spacial score (nSPS) is 21.1. The second-order valence-electron chi connectivity index (χ2n) is 8.24. The highest BCUT2D eigenvalue weighted by atomic mass is 31.0. The van der Waals surface area contributed by atoms with Crippen molar-refractivity contribution in [1.29, 1.82) is 0 Å². The van der Waals surface area contributed by atoms with Gasteiger partial charge in [-0.05, 0) is 38.5 Å². The van der Waals surface area contributed by atoms with Crippen molar-refractivity contribution < 1.29 is 14.7 Å². The number of carboxylic acids is 1. The minimum absolute atomic E-state index is 0.0309. The smallest absolute Gasteiger partial charge is 0.326 e. The van der Waals surface area contributed by atoms with Gasteiger partial charge in [0, 0.05) is 13.2 Å². The van der Waals surface area contributed by atoms with Gasteiger partial charge in [-0.2, -0.15) is 0 Å². The van der Waals surface area contributed by atoms with E-state index in [-0.39, 0.29) is 10.9 Å². The van der Waals surface area contributed by atoms with Gasteiger partial charge in [-0.25, -0.2) is 9.78 Å². The zero-order valence-corrected chi connectivity index (χ0v) is 17.9. The Kier molecular flexibility index (Phi) is 5.31. The van der Waals surface area contributed by atoms with E-state index in [0.29, 0.717) is 6.42 Å². The van der Waals surface area contributed by atoms with Crippen LogP contribution in [0.1, 0.15) is 26.3 Å². The molecule has 1 N–H and O–H groups in total. The van der Waals surface area contributed by atoms with Gasteiger partial charge in [-0.1, -0.05) is 33.9 Å². The Morgan fingerprint density at radius 3 is 2.52 bits per heavy atom. The van der Waals surface area contributed by atoms with Crippen LogP contribution >= 0.6 is 9.39 Å². The number of nitrogens with zero attached hydrogens (tertiary/aromatic N) is 3. The molecule has 6 nitrogen and oxygen atoms in total. The lowest BCUT2D eigenvalue weighted by molar-refractivity contribution is -0.163. The molecular formula is C17H28N3O3PSi. The highest BCUT2D eigenvalue weighted by Gasteiger charge is 2.59. The Hall–Kier alpha value is -1.46. The number of carbonyl (C=O) groups is 2. The number of amides is 1. The van der Waals surface area contributed by atoms with E-state index in [1.807, 2.05) is 23.9 Å². The van der Waals surface area contributed by atoms with Crippen LogP contribution in [0, 0.1) is 5.92 Å². The van der Waals surface area contributed by atoms with Gasteiger partial charge in [0.1, 0.15) is 11.9 Å². The minimum atomic E-state index is -2.22. The van der Waals surface area contributed by atoms with Gasteiger partial charge < -0.3 is 14.3 Å². The molecule has 1 aliphatic rings. The summed E-state index contributed by atoms with van der Waals surface area (Å²) in [6.07, 6.45) is 2.12. The SMILES string of the molecule is CN(P)c1cc(C[C@H]2C(=O)N([Si](C)(C)C(C)(C)C)[C@@H]2C(=O)O)ccn1. The molecule has 0 saturated carbocycles. The lowest BCUT2D eigenvalue weighted by atomic mass is 9.85. The van der Waals surface area contributed by atoms with Gasteiger partial charge in [0.2, 0.25) is 5.91 Å². The molecule has 0 spiro atoms. The first-order chi connectivity index (χ1) is 11.4. The fourth-order valence-electron chi connectivity index (χ4n) is 3.05. The van der Waals surface area contributed by atoms with Crippen molar-refractivity contribution >= 4 is 35.3 Å². The summed E-state index contributed by atoms with van der Waals surface area (Å²) in [5.41, 5.74) is 0.929. The minimum Gasteiger partial charge on any atom is -0.480 e. The van der Waals surface area contributed by atoms with Crippen molar-refractivity contribution in [2.75, 3.05) is 11.7 Å². The Morgan fingerprint density at radius 2 is 2.04 bits per heavy atom. The summed E-state index contributed by atoms with van der Waals surface area (Å²) in [5, 5.41) is 9.66. The molecule has 1 aliphatic heterocycles. The number of carbonyl (C=O) groups excluding carboxylic acids is 1. The molecule has 1 aromatic rings. The third-order valence-electron chi connectivity index (χ3n) is 5.53. The number of β-lactam (4-membered cyclic amide) rings is 1. The summed E-state index contributed by atoms with van der Waals surface area (Å²) in [5.74, 6) is -0.678. The van der Waals surface area contributed by atoms with E-state index in [2.05, 4.69) is 48.2 Å². The van der Waals surface area contributed by atoms with E-state index in [1.165, 1.54) is 0 Å². The number of anilines is 1. The van der Waals surface area contributed by atoms with E-state index >= 15 is 0 Å². The van der Waals surface area contributed by atoms with Crippen LogP contribution in [0.25, 0.3) is 0 Å². The van der Waals surface area contributed by atoms with E-state index in [4.69, 9.17) is 0 Å². The van der Waals surface area contributed by atoms with Crippen LogP contribution in [0.15, 0.2) is 18.3 Å². The van der Waals surface area contributed by atoms with Gasteiger partial charge >= 0.3 is 5.97 Å². The largest absolute Gasteiger partial charge is 0.480 e. The van der Waals surface area contributed by atoms with Crippen molar-refractivity contribution in [2.24, 2.45) is 5.92 Å². The predicted octanol–water partition coefficient (Wildman–Crippen LogP) is 2.77. The molecule has 1 fully saturated rings. The van der Waals surface area contributed by atoms with Gasteiger partial charge in [0.25, 0.3) is 0 Å². The molecule has 0 aliphatic carbocycles. The molecule has 2 rings (SSSR count). The summed E-state index contributed by atoms with van der Waals surface area (Å²) in [4.78, 5) is 29.0. The van der Waals surface area contributed by atoms with Gasteiger partial charge in [-0.3, -0.25) is 4.79 Å². The van der Waals surface area contributed by atoms with Crippen molar-refractivity contribution in [3.63, 3.8) is 0 Å². The van der Waals surface area contributed by atoms with E-state index in [0.717, 1.165) is 11.4 Å². The standard InChI is InChI=1S/C17H28N3O3PSi/c1-17(2,3)25(5,6)20-14(16(22)23)12(15(20)21)9-11-7-8-18-13(10-11)19(4)24/h7-8,10,12,14H,9,24H2,1-6H3,(H,22,23)/t12-,14+/m1/s1. The Bertz CT molecular complexity index is 688. The van der Waals surface area contributed by atoms with Crippen LogP contribution in [0.5, 0.6) is 0 Å². The van der Waals surface area contributed by atoms with Crippen molar-refractivity contribution in [2.45, 2.75) is 51.4 Å². The number of aliphatic carboxylic acids is 1. The van der Waals surface area contributed by atoms with Crippen LogP contribution in [0.4, 0.5) is 5.82 Å². The molecule has 1 unspecified atom stereocenters. The first-order valence-electron chi connectivity index (χ1n) is 8.37. The number of hydrogen-bond donors (Lipinski definition) is 1. The third kappa shape index (κ3) is 3.58. The summed E-state index contributed by atoms with van der Waals surface area (Å²) in [6.45, 7) is 10.4. The molecule has 3 atom stereocenters. The Labute approximate surface area is 153 Å². The average Bonchev–Trinajstić information content (AvgIpc) is 2.48. The van der Waals surface area contributed by atoms with Crippen LogP contribution < -0.4 is 4.67 Å². The number of aromatic nitrogens is 1. The van der Waals surface area contributed by atoms with Crippen molar-refractivity contribution in [1.82, 2.24) is 9.55 Å². The van der Waals surface area contributed by atoms with Crippen molar-refractivity contribution in [3.8, 4) is 0 Å².